The quantitative estimate of drug-likeness (QED) is 0.182. The normalized spacial score (nSPS) is 10.8. The lowest BCUT2D eigenvalue weighted by Crippen LogP contribution is -2.17. The van der Waals surface area contributed by atoms with Crippen LogP contribution in [0, 0.1) is 0 Å². The third-order valence-electron chi connectivity index (χ3n) is 4.10. The van der Waals surface area contributed by atoms with E-state index in [0.717, 1.165) is 0 Å². The minimum absolute atomic E-state index is 0.161. The zero-order chi connectivity index (χ0) is 23.3. The number of methoxy groups -OCH3 is 1. The fourth-order valence-corrected chi connectivity index (χ4v) is 3.31. The van der Waals surface area contributed by atoms with Gasteiger partial charge in [0.05, 0.1) is 34.0 Å². The van der Waals surface area contributed by atoms with Crippen LogP contribution in [-0.4, -0.2) is 25.2 Å². The second-order valence-corrected chi connectivity index (χ2v) is 7.91. The Balaban J connectivity index is 1.69. The van der Waals surface area contributed by atoms with Crippen LogP contribution >= 0.6 is 46.4 Å². The summed E-state index contributed by atoms with van der Waals surface area (Å²) in [7, 11) is 1.43. The van der Waals surface area contributed by atoms with Crippen molar-refractivity contribution in [3.8, 4) is 11.5 Å². The van der Waals surface area contributed by atoms with Gasteiger partial charge in [0.25, 0.3) is 5.91 Å². The zero-order valence-corrected chi connectivity index (χ0v) is 19.4. The number of rotatable bonds is 6. The number of benzene rings is 3. The molecule has 0 fully saturated rings. The molecule has 3 aromatic carbocycles. The van der Waals surface area contributed by atoms with Crippen LogP contribution in [-0.2, 0) is 0 Å². The van der Waals surface area contributed by atoms with Crippen LogP contribution in [0.3, 0.4) is 0 Å². The first-order valence-corrected chi connectivity index (χ1v) is 10.4. The molecule has 0 aliphatic rings. The van der Waals surface area contributed by atoms with E-state index in [4.69, 9.17) is 55.9 Å². The third-order valence-corrected chi connectivity index (χ3v) is 5.39. The maximum Gasteiger partial charge on any atom is 0.345 e. The van der Waals surface area contributed by atoms with Crippen molar-refractivity contribution in [2.45, 2.75) is 0 Å². The first-order chi connectivity index (χ1) is 15.3. The van der Waals surface area contributed by atoms with Crippen molar-refractivity contribution in [3.05, 3.63) is 91.4 Å². The highest BCUT2D eigenvalue weighted by Crippen LogP contribution is 2.30. The van der Waals surface area contributed by atoms with Gasteiger partial charge in [-0.15, -0.1) is 0 Å². The molecule has 3 rings (SSSR count). The number of carbonyl (C=O) groups excluding carboxylic acids is 2. The first kappa shape index (κ1) is 23.9. The molecule has 32 heavy (non-hydrogen) atoms. The Morgan fingerprint density at radius 3 is 2.34 bits per heavy atom. The monoisotopic (exact) mass is 510 g/mol. The fourth-order valence-electron chi connectivity index (χ4n) is 2.53. The molecule has 1 N–H and O–H groups in total. The Kier molecular flexibility index (Phi) is 7.99. The number of halogens is 4. The van der Waals surface area contributed by atoms with Gasteiger partial charge in [0.2, 0.25) is 0 Å². The highest BCUT2D eigenvalue weighted by Gasteiger charge is 2.16. The SMILES string of the molecule is COc1cc(C=NNC(=O)c2ccc(Cl)c(Cl)c2)ccc1OC(=O)c1ccc(Cl)cc1Cl. The molecule has 0 unspecified atom stereocenters. The van der Waals surface area contributed by atoms with Crippen molar-refractivity contribution in [1.82, 2.24) is 5.43 Å². The smallest absolute Gasteiger partial charge is 0.345 e. The van der Waals surface area contributed by atoms with E-state index in [0.29, 0.717) is 21.2 Å². The molecule has 0 saturated carbocycles. The molecule has 0 atom stereocenters. The number of hydrazone groups is 1. The van der Waals surface area contributed by atoms with Crippen LogP contribution in [0.5, 0.6) is 11.5 Å². The van der Waals surface area contributed by atoms with E-state index in [2.05, 4.69) is 10.5 Å². The van der Waals surface area contributed by atoms with Crippen LogP contribution in [0.2, 0.25) is 20.1 Å². The second-order valence-electron chi connectivity index (χ2n) is 6.25. The lowest BCUT2D eigenvalue weighted by Gasteiger charge is -2.10. The van der Waals surface area contributed by atoms with Gasteiger partial charge in [-0.1, -0.05) is 46.4 Å². The molecule has 0 aliphatic heterocycles. The van der Waals surface area contributed by atoms with Gasteiger partial charge < -0.3 is 9.47 Å². The zero-order valence-electron chi connectivity index (χ0n) is 16.4. The highest BCUT2D eigenvalue weighted by molar-refractivity contribution is 6.42. The minimum atomic E-state index is -0.666. The van der Waals surface area contributed by atoms with Gasteiger partial charge in [0.1, 0.15) is 0 Å². The number of hydrogen-bond donors (Lipinski definition) is 1. The number of carbonyl (C=O) groups is 2. The molecule has 0 saturated heterocycles. The number of nitrogens with zero attached hydrogens (tertiary/aromatic N) is 1. The van der Waals surface area contributed by atoms with E-state index < -0.39 is 11.9 Å². The Hall–Kier alpha value is -2.77. The number of hydrogen-bond acceptors (Lipinski definition) is 5. The number of amides is 1. The average molecular weight is 512 g/mol. The van der Waals surface area contributed by atoms with Crippen molar-refractivity contribution in [1.29, 1.82) is 0 Å². The van der Waals surface area contributed by atoms with Crippen LogP contribution < -0.4 is 14.9 Å². The minimum Gasteiger partial charge on any atom is -0.493 e. The van der Waals surface area contributed by atoms with E-state index in [9.17, 15) is 9.59 Å². The summed E-state index contributed by atoms with van der Waals surface area (Å²) in [6, 6.07) is 13.7. The van der Waals surface area contributed by atoms with E-state index in [1.807, 2.05) is 0 Å². The second kappa shape index (κ2) is 10.7. The highest BCUT2D eigenvalue weighted by atomic mass is 35.5. The van der Waals surface area contributed by atoms with Crippen molar-refractivity contribution in [2.24, 2.45) is 5.10 Å². The molecule has 10 heteroatoms. The predicted molar refractivity (Wildman–Crippen MR) is 126 cm³/mol. The number of nitrogens with one attached hydrogen (secondary N) is 1. The molecule has 1 amide bonds. The molecular formula is C22H14Cl4N2O4. The van der Waals surface area contributed by atoms with Gasteiger partial charge in [-0.3, -0.25) is 4.79 Å². The maximum atomic E-state index is 12.4. The van der Waals surface area contributed by atoms with E-state index >= 15 is 0 Å². The standard InChI is InChI=1S/C22H14Cl4N2O4/c1-31-20-8-12(11-27-28-21(29)13-3-6-16(24)18(26)9-13)2-7-19(20)32-22(30)15-5-4-14(23)10-17(15)25/h2-11H,1H3,(H,28,29). The van der Waals surface area contributed by atoms with E-state index in [-0.39, 0.29) is 27.1 Å². The predicted octanol–water partition coefficient (Wildman–Crippen LogP) is 6.29. The lowest BCUT2D eigenvalue weighted by atomic mass is 10.2. The van der Waals surface area contributed by atoms with Gasteiger partial charge in [0, 0.05) is 10.6 Å². The van der Waals surface area contributed by atoms with Gasteiger partial charge in [0.15, 0.2) is 11.5 Å². The summed E-state index contributed by atoms with van der Waals surface area (Å²) in [6.45, 7) is 0. The van der Waals surface area contributed by atoms with E-state index in [1.54, 1.807) is 12.1 Å². The summed E-state index contributed by atoms with van der Waals surface area (Å²) >= 11 is 23.7. The van der Waals surface area contributed by atoms with Crippen LogP contribution in [0.25, 0.3) is 0 Å². The number of ether oxygens (including phenoxy) is 2. The van der Waals surface area contributed by atoms with Crippen molar-refractivity contribution < 1.29 is 19.1 Å². The number of esters is 1. The summed E-state index contributed by atoms with van der Waals surface area (Å²) in [5.41, 5.74) is 3.44. The summed E-state index contributed by atoms with van der Waals surface area (Å²) in [5.74, 6) is -0.666. The third kappa shape index (κ3) is 5.93. The maximum absolute atomic E-state index is 12.4. The lowest BCUT2D eigenvalue weighted by molar-refractivity contribution is 0.0729. The molecule has 0 aromatic heterocycles. The van der Waals surface area contributed by atoms with E-state index in [1.165, 1.54) is 55.8 Å². The van der Waals surface area contributed by atoms with Gasteiger partial charge in [-0.05, 0) is 60.2 Å². The van der Waals surface area contributed by atoms with Crippen molar-refractivity contribution >= 4 is 64.5 Å². The summed E-state index contributed by atoms with van der Waals surface area (Å²) in [5, 5.41) is 5.09. The molecule has 0 aliphatic carbocycles. The summed E-state index contributed by atoms with van der Waals surface area (Å²) < 4.78 is 10.7. The van der Waals surface area contributed by atoms with Crippen LogP contribution in [0.4, 0.5) is 0 Å². The van der Waals surface area contributed by atoms with Crippen molar-refractivity contribution in [2.75, 3.05) is 7.11 Å². The Labute approximate surface area is 203 Å². The molecular weight excluding hydrogens is 498 g/mol. The topological polar surface area (TPSA) is 77.0 Å². The molecule has 0 heterocycles. The molecule has 0 bridgehead atoms. The molecule has 0 spiro atoms. The summed E-state index contributed by atoms with van der Waals surface area (Å²) in [4.78, 5) is 24.6. The summed E-state index contributed by atoms with van der Waals surface area (Å²) in [6.07, 6.45) is 1.40. The average Bonchev–Trinajstić information content (AvgIpc) is 2.76. The molecule has 164 valence electrons. The van der Waals surface area contributed by atoms with Gasteiger partial charge in [-0.2, -0.15) is 5.10 Å². The Morgan fingerprint density at radius 2 is 1.66 bits per heavy atom. The fraction of sp³-hybridized carbons (Fsp3) is 0.0455. The van der Waals surface area contributed by atoms with Gasteiger partial charge >= 0.3 is 5.97 Å². The Morgan fingerprint density at radius 1 is 0.875 bits per heavy atom. The van der Waals surface area contributed by atoms with Gasteiger partial charge in [-0.25, -0.2) is 10.2 Å². The van der Waals surface area contributed by atoms with Crippen LogP contribution in [0.1, 0.15) is 26.3 Å². The molecule has 3 aromatic rings. The Bertz CT molecular complexity index is 1210. The molecule has 6 nitrogen and oxygen atoms in total. The largest absolute Gasteiger partial charge is 0.493 e. The molecule has 0 radical (unpaired) electrons. The van der Waals surface area contributed by atoms with Crippen LogP contribution in [0.15, 0.2) is 59.7 Å². The first-order valence-electron chi connectivity index (χ1n) is 8.92. The van der Waals surface area contributed by atoms with Crippen molar-refractivity contribution in [3.63, 3.8) is 0 Å².